The van der Waals surface area contributed by atoms with Gasteiger partial charge in [-0.3, -0.25) is 0 Å². The van der Waals surface area contributed by atoms with E-state index in [1.165, 1.54) is 56.0 Å². The predicted molar refractivity (Wildman–Crippen MR) is 276 cm³/mol. The third kappa shape index (κ3) is 7.17. The quantitative estimate of drug-likeness (QED) is 0.149. The first-order valence-electron chi connectivity index (χ1n) is 23.3. The Labute approximate surface area is 391 Å². The summed E-state index contributed by atoms with van der Waals surface area (Å²) in [5, 5.41) is 0. The average molecular weight is 860 g/mol. The molecule has 5 heteroatoms. The standard InChI is InChI=1S/C62H45N5/c1-4-13-41(14-5-1)45-29-34-57-50(37-45)25-26-51-39-47(30-35-58(51)66(57)52-19-8-3-9-20-52)46-31-36-59-49(38-46)24-23-42-15-10-11-22-56(42)67(59)53-32-27-44(28-33-53)61-63-60(43-16-6-2-7-17-43)64-62(65-61)54-21-12-18-48-40-55(48)54/h1-37,39-40,42,48-49,56H,38H2/t42?,48-,49?,56?/m0/s1. The Morgan fingerprint density at radius 1 is 0.463 bits per heavy atom. The Bertz CT molecular complexity index is 3390. The van der Waals surface area contributed by atoms with Crippen LogP contribution in [-0.2, 0) is 0 Å². The Morgan fingerprint density at radius 2 is 1.09 bits per heavy atom. The number of fused-ring (bicyclic) bond motifs is 5. The first kappa shape index (κ1) is 39.0. The van der Waals surface area contributed by atoms with Crippen molar-refractivity contribution in [2.24, 2.45) is 17.8 Å². The van der Waals surface area contributed by atoms with Crippen molar-refractivity contribution >= 4 is 46.0 Å². The van der Waals surface area contributed by atoms with Gasteiger partial charge in [0.25, 0.3) is 0 Å². The van der Waals surface area contributed by atoms with Crippen LogP contribution >= 0.6 is 0 Å². The van der Waals surface area contributed by atoms with Gasteiger partial charge in [0.1, 0.15) is 0 Å². The number of allylic oxidation sites excluding steroid dienone is 12. The van der Waals surface area contributed by atoms with Crippen LogP contribution in [0.3, 0.4) is 0 Å². The van der Waals surface area contributed by atoms with Gasteiger partial charge in [0.05, 0.1) is 17.4 Å². The fraction of sp³-hybridized carbons (Fsp3) is 0.0806. The van der Waals surface area contributed by atoms with E-state index < -0.39 is 0 Å². The summed E-state index contributed by atoms with van der Waals surface area (Å²) in [6.45, 7) is 0. The summed E-state index contributed by atoms with van der Waals surface area (Å²) in [5.41, 5.74) is 17.6. The van der Waals surface area contributed by atoms with E-state index in [1.807, 2.05) is 18.2 Å². The monoisotopic (exact) mass is 859 g/mol. The molecular formula is C62H45N5. The van der Waals surface area contributed by atoms with Crippen molar-refractivity contribution in [1.29, 1.82) is 0 Å². The lowest BCUT2D eigenvalue weighted by atomic mass is 9.86. The molecule has 318 valence electrons. The first-order chi connectivity index (χ1) is 33.2. The van der Waals surface area contributed by atoms with Gasteiger partial charge in [0.2, 0.25) is 0 Å². The van der Waals surface area contributed by atoms with Crippen molar-refractivity contribution in [3.63, 3.8) is 0 Å². The molecule has 6 aromatic carbocycles. The molecule has 0 spiro atoms. The van der Waals surface area contributed by atoms with Gasteiger partial charge in [-0.1, -0.05) is 170 Å². The molecule has 67 heavy (non-hydrogen) atoms. The van der Waals surface area contributed by atoms with Crippen molar-refractivity contribution in [2.75, 3.05) is 9.80 Å². The van der Waals surface area contributed by atoms with Crippen LogP contribution in [0, 0.1) is 17.8 Å². The molecule has 7 aromatic rings. The van der Waals surface area contributed by atoms with E-state index >= 15 is 0 Å². The van der Waals surface area contributed by atoms with Gasteiger partial charge in [-0.2, -0.15) is 0 Å². The van der Waals surface area contributed by atoms with Crippen LogP contribution in [0.2, 0.25) is 0 Å². The Morgan fingerprint density at radius 3 is 1.84 bits per heavy atom. The zero-order chi connectivity index (χ0) is 44.3. The molecule has 0 N–H and O–H groups in total. The molecule has 13 rings (SSSR count). The van der Waals surface area contributed by atoms with Crippen molar-refractivity contribution in [1.82, 2.24) is 15.0 Å². The molecule has 0 radical (unpaired) electrons. The van der Waals surface area contributed by atoms with Crippen LogP contribution in [0.1, 0.15) is 28.9 Å². The van der Waals surface area contributed by atoms with Gasteiger partial charge in [0.15, 0.2) is 17.5 Å². The summed E-state index contributed by atoms with van der Waals surface area (Å²) in [4.78, 5) is 20.1. The molecule has 4 atom stereocenters. The lowest BCUT2D eigenvalue weighted by Gasteiger charge is -2.39. The number of hydrogen-bond acceptors (Lipinski definition) is 5. The van der Waals surface area contributed by atoms with E-state index in [-0.39, 0.29) is 17.9 Å². The van der Waals surface area contributed by atoms with Crippen LogP contribution in [-0.4, -0.2) is 21.0 Å². The third-order valence-corrected chi connectivity index (χ3v) is 13.8. The Hall–Kier alpha value is -8.41. The highest BCUT2D eigenvalue weighted by molar-refractivity contribution is 5.95. The highest BCUT2D eigenvalue weighted by Gasteiger charge is 2.35. The maximum absolute atomic E-state index is 5.10. The Balaban J connectivity index is 0.853. The Kier molecular flexibility index (Phi) is 9.45. The van der Waals surface area contributed by atoms with E-state index in [1.54, 1.807) is 0 Å². The molecule has 2 aliphatic heterocycles. The fourth-order valence-electron chi connectivity index (χ4n) is 10.4. The van der Waals surface area contributed by atoms with Crippen LogP contribution < -0.4 is 9.80 Å². The minimum absolute atomic E-state index is 0.142. The summed E-state index contributed by atoms with van der Waals surface area (Å²) < 4.78 is 0. The molecule has 0 fully saturated rings. The minimum Gasteiger partial charge on any atom is -0.337 e. The highest BCUT2D eigenvalue weighted by Crippen LogP contribution is 2.47. The molecule has 0 bridgehead atoms. The molecule has 6 aliphatic rings. The number of nitrogens with zero attached hydrogens (tertiary/aromatic N) is 5. The maximum atomic E-state index is 5.10. The first-order valence-corrected chi connectivity index (χ1v) is 23.3. The van der Waals surface area contributed by atoms with Gasteiger partial charge >= 0.3 is 0 Å². The largest absolute Gasteiger partial charge is 0.337 e. The van der Waals surface area contributed by atoms with E-state index in [4.69, 9.17) is 15.0 Å². The number of para-hydroxylation sites is 1. The summed E-state index contributed by atoms with van der Waals surface area (Å²) in [7, 11) is 0. The highest BCUT2D eigenvalue weighted by atomic mass is 15.2. The van der Waals surface area contributed by atoms with Gasteiger partial charge in [-0.25, -0.2) is 15.0 Å². The van der Waals surface area contributed by atoms with Crippen molar-refractivity contribution in [3.8, 4) is 33.9 Å². The van der Waals surface area contributed by atoms with E-state index in [0.717, 1.165) is 34.5 Å². The molecule has 5 nitrogen and oxygen atoms in total. The van der Waals surface area contributed by atoms with Gasteiger partial charge in [-0.15, -0.1) is 0 Å². The number of hydrogen-bond donors (Lipinski definition) is 0. The zero-order valence-corrected chi connectivity index (χ0v) is 36.8. The zero-order valence-electron chi connectivity index (χ0n) is 36.8. The van der Waals surface area contributed by atoms with Crippen LogP contribution in [0.5, 0.6) is 0 Å². The normalized spacial score (nSPS) is 20.5. The fourth-order valence-corrected chi connectivity index (χ4v) is 10.4. The molecule has 4 aliphatic carbocycles. The lowest BCUT2D eigenvalue weighted by molar-refractivity contribution is 0.629. The number of aromatic nitrogens is 3. The maximum Gasteiger partial charge on any atom is 0.164 e. The number of anilines is 4. The van der Waals surface area contributed by atoms with Crippen molar-refractivity contribution in [2.45, 2.75) is 12.5 Å². The SMILES string of the molecule is C1=CC2C=CC3CC(c4ccc5c(c4)C=Cc4cc(-c6ccccc6)ccc4N5c4ccccc4)=CC=C3N(c3ccc(-c4nc(C5=CC=C[C@H]6C=C56)nc(-c5ccccc5)n4)cc3)C2C=C1. The van der Waals surface area contributed by atoms with Gasteiger partial charge in [0, 0.05) is 51.5 Å². The molecule has 0 amide bonds. The predicted octanol–water partition coefficient (Wildman–Crippen LogP) is 14.8. The summed E-state index contributed by atoms with van der Waals surface area (Å²) in [6, 6.07) is 54.4. The molecular weight excluding hydrogens is 815 g/mol. The second-order valence-electron chi connectivity index (χ2n) is 17.9. The van der Waals surface area contributed by atoms with E-state index in [9.17, 15) is 0 Å². The molecule has 1 aromatic heterocycles. The number of benzene rings is 6. The third-order valence-electron chi connectivity index (χ3n) is 13.8. The average Bonchev–Trinajstić information content (AvgIpc) is 4.24. The van der Waals surface area contributed by atoms with Crippen LogP contribution in [0.4, 0.5) is 22.7 Å². The van der Waals surface area contributed by atoms with Crippen LogP contribution in [0.15, 0.2) is 236 Å². The smallest absolute Gasteiger partial charge is 0.164 e. The topological polar surface area (TPSA) is 45.2 Å². The van der Waals surface area contributed by atoms with Gasteiger partial charge in [-0.05, 0) is 112 Å². The van der Waals surface area contributed by atoms with Gasteiger partial charge < -0.3 is 9.80 Å². The lowest BCUT2D eigenvalue weighted by Crippen LogP contribution is -2.39. The van der Waals surface area contributed by atoms with E-state index in [2.05, 4.69) is 228 Å². The summed E-state index contributed by atoms with van der Waals surface area (Å²) in [5.74, 6) is 2.89. The van der Waals surface area contributed by atoms with Crippen molar-refractivity contribution < 1.29 is 0 Å². The summed E-state index contributed by atoms with van der Waals surface area (Å²) >= 11 is 0. The molecule has 3 unspecified atom stereocenters. The summed E-state index contributed by atoms with van der Waals surface area (Å²) in [6.07, 6.45) is 32.8. The van der Waals surface area contributed by atoms with E-state index in [0.29, 0.717) is 23.4 Å². The van der Waals surface area contributed by atoms with Crippen molar-refractivity contribution in [3.05, 3.63) is 258 Å². The van der Waals surface area contributed by atoms with Crippen LogP contribution in [0.25, 0.3) is 57.2 Å². The second kappa shape index (κ2) is 16.2. The number of rotatable bonds is 7. The molecule has 3 heterocycles. The molecule has 0 saturated carbocycles. The molecule has 0 saturated heterocycles. The second-order valence-corrected chi connectivity index (χ2v) is 17.9. The minimum atomic E-state index is 0.142.